The number of hydrogen-bond donors (Lipinski definition) is 1. The number of nitrogens with one attached hydrogen (secondary N) is 1. The van der Waals surface area contributed by atoms with Crippen molar-refractivity contribution in [1.29, 1.82) is 0 Å². The molecule has 0 aliphatic heterocycles. The van der Waals surface area contributed by atoms with Crippen molar-refractivity contribution in [3.05, 3.63) is 29.6 Å². The van der Waals surface area contributed by atoms with Gasteiger partial charge in [-0.3, -0.25) is 4.79 Å². The van der Waals surface area contributed by atoms with Gasteiger partial charge in [0.05, 0.1) is 0 Å². The van der Waals surface area contributed by atoms with Crippen LogP contribution in [0.15, 0.2) is 18.2 Å². The van der Waals surface area contributed by atoms with E-state index in [-0.39, 0.29) is 11.7 Å². The molecule has 0 aliphatic carbocycles. The van der Waals surface area contributed by atoms with E-state index in [1.165, 1.54) is 6.07 Å². The standard InChI is InChI=1S/C10H11BrFNO/c1-7-6-8(2-3-9(7)12)13-10(14)4-5-11/h2-3,6H,4-5H2,1H3,(H,13,14). The summed E-state index contributed by atoms with van der Waals surface area (Å²) in [5.41, 5.74) is 1.16. The lowest BCUT2D eigenvalue weighted by Gasteiger charge is -2.05. The Labute approximate surface area is 90.6 Å². The molecule has 0 saturated carbocycles. The number of aryl methyl sites for hydroxylation is 1. The quantitative estimate of drug-likeness (QED) is 0.832. The van der Waals surface area contributed by atoms with Crippen molar-refractivity contribution in [1.82, 2.24) is 0 Å². The number of rotatable bonds is 3. The highest BCUT2D eigenvalue weighted by atomic mass is 79.9. The van der Waals surface area contributed by atoms with Gasteiger partial charge in [-0.05, 0) is 30.7 Å². The molecule has 0 saturated heterocycles. The normalized spacial score (nSPS) is 9.93. The minimum atomic E-state index is -0.261. The third-order valence-corrected chi connectivity index (χ3v) is 2.16. The summed E-state index contributed by atoms with van der Waals surface area (Å²) in [5, 5.41) is 3.30. The minimum absolute atomic E-state index is 0.0760. The highest BCUT2D eigenvalue weighted by molar-refractivity contribution is 9.09. The predicted molar refractivity (Wildman–Crippen MR) is 58.2 cm³/mol. The molecule has 1 amide bonds. The van der Waals surface area contributed by atoms with Gasteiger partial charge in [-0.2, -0.15) is 0 Å². The van der Waals surface area contributed by atoms with Crippen molar-refractivity contribution in [2.75, 3.05) is 10.6 Å². The van der Waals surface area contributed by atoms with Gasteiger partial charge < -0.3 is 5.32 Å². The Morgan fingerprint density at radius 3 is 2.86 bits per heavy atom. The molecule has 14 heavy (non-hydrogen) atoms. The van der Waals surface area contributed by atoms with E-state index in [1.54, 1.807) is 19.1 Å². The smallest absolute Gasteiger partial charge is 0.225 e. The second-order valence-corrected chi connectivity index (χ2v) is 3.74. The first kappa shape index (κ1) is 11.2. The minimum Gasteiger partial charge on any atom is -0.326 e. The van der Waals surface area contributed by atoms with Crippen LogP contribution in [0.4, 0.5) is 10.1 Å². The molecule has 1 rings (SSSR count). The van der Waals surface area contributed by atoms with Crippen LogP contribution in [0.5, 0.6) is 0 Å². The molecule has 0 spiro atoms. The van der Waals surface area contributed by atoms with Crippen LogP contribution in [0.2, 0.25) is 0 Å². The third-order valence-electron chi connectivity index (χ3n) is 1.76. The summed E-state index contributed by atoms with van der Waals surface area (Å²) in [7, 11) is 0. The number of carbonyl (C=O) groups is 1. The van der Waals surface area contributed by atoms with E-state index in [4.69, 9.17) is 0 Å². The molecule has 0 bridgehead atoms. The van der Waals surface area contributed by atoms with Gasteiger partial charge in [0, 0.05) is 17.4 Å². The van der Waals surface area contributed by atoms with Crippen molar-refractivity contribution in [3.63, 3.8) is 0 Å². The van der Waals surface area contributed by atoms with Crippen molar-refractivity contribution in [2.45, 2.75) is 13.3 Å². The van der Waals surface area contributed by atoms with Gasteiger partial charge in [0.2, 0.25) is 5.91 Å². The maximum Gasteiger partial charge on any atom is 0.225 e. The molecular weight excluding hydrogens is 249 g/mol. The van der Waals surface area contributed by atoms with Gasteiger partial charge in [0.15, 0.2) is 0 Å². The molecule has 0 aromatic heterocycles. The van der Waals surface area contributed by atoms with Crippen LogP contribution in [0, 0.1) is 12.7 Å². The van der Waals surface area contributed by atoms with Crippen LogP contribution in [0.25, 0.3) is 0 Å². The summed E-state index contributed by atoms with van der Waals surface area (Å²) in [6.45, 7) is 1.66. The number of carbonyl (C=O) groups excluding carboxylic acids is 1. The lowest BCUT2D eigenvalue weighted by molar-refractivity contribution is -0.115. The maximum atomic E-state index is 12.9. The average molecular weight is 260 g/mol. The van der Waals surface area contributed by atoms with Gasteiger partial charge in [-0.1, -0.05) is 15.9 Å². The fourth-order valence-electron chi connectivity index (χ4n) is 1.03. The molecule has 0 aliphatic rings. The average Bonchev–Trinajstić information content (AvgIpc) is 2.12. The zero-order valence-corrected chi connectivity index (χ0v) is 9.40. The van der Waals surface area contributed by atoms with Gasteiger partial charge in [0.1, 0.15) is 5.82 Å². The Morgan fingerprint density at radius 2 is 2.29 bits per heavy atom. The molecule has 4 heteroatoms. The number of hydrogen-bond acceptors (Lipinski definition) is 1. The molecule has 1 aromatic carbocycles. The van der Waals surface area contributed by atoms with Crippen LogP contribution in [-0.2, 0) is 4.79 Å². The van der Waals surface area contributed by atoms with Crippen LogP contribution in [0.1, 0.15) is 12.0 Å². The summed E-state index contributed by atoms with van der Waals surface area (Å²) < 4.78 is 12.9. The fourth-order valence-corrected chi connectivity index (χ4v) is 1.39. The predicted octanol–water partition coefficient (Wildman–Crippen LogP) is 2.86. The highest BCUT2D eigenvalue weighted by Crippen LogP contribution is 2.13. The number of benzene rings is 1. The van der Waals surface area contributed by atoms with E-state index in [0.717, 1.165) is 0 Å². The molecule has 0 radical (unpaired) electrons. The maximum absolute atomic E-state index is 12.9. The largest absolute Gasteiger partial charge is 0.326 e. The summed E-state index contributed by atoms with van der Waals surface area (Å²) in [4.78, 5) is 11.2. The second kappa shape index (κ2) is 5.10. The van der Waals surface area contributed by atoms with Crippen molar-refractivity contribution in [3.8, 4) is 0 Å². The van der Waals surface area contributed by atoms with Crippen molar-refractivity contribution < 1.29 is 9.18 Å². The van der Waals surface area contributed by atoms with Crippen molar-refractivity contribution in [2.24, 2.45) is 0 Å². The third kappa shape index (κ3) is 3.10. The molecule has 2 nitrogen and oxygen atoms in total. The first-order valence-electron chi connectivity index (χ1n) is 4.25. The zero-order valence-electron chi connectivity index (χ0n) is 7.81. The number of anilines is 1. The molecular formula is C10H11BrFNO. The zero-order chi connectivity index (χ0) is 10.6. The van der Waals surface area contributed by atoms with Crippen LogP contribution in [0.3, 0.4) is 0 Å². The Hall–Kier alpha value is -0.900. The molecule has 1 N–H and O–H groups in total. The van der Waals surface area contributed by atoms with Crippen LogP contribution < -0.4 is 5.32 Å². The summed E-state index contributed by atoms with van der Waals surface area (Å²) >= 11 is 3.17. The Bertz CT molecular complexity index is 341. The number of amides is 1. The Balaban J connectivity index is 2.68. The SMILES string of the molecule is Cc1cc(NC(=O)CCBr)ccc1F. The van der Waals surface area contributed by atoms with E-state index >= 15 is 0 Å². The van der Waals surface area contributed by atoms with E-state index in [2.05, 4.69) is 21.2 Å². The summed E-state index contributed by atoms with van der Waals surface area (Å²) in [6, 6.07) is 4.51. The number of alkyl halides is 1. The lowest BCUT2D eigenvalue weighted by atomic mass is 10.2. The molecule has 0 atom stereocenters. The number of halogens is 2. The van der Waals surface area contributed by atoms with Gasteiger partial charge in [0.25, 0.3) is 0 Å². The van der Waals surface area contributed by atoms with Crippen molar-refractivity contribution >= 4 is 27.5 Å². The first-order chi connectivity index (χ1) is 6.63. The molecule has 0 unspecified atom stereocenters. The van der Waals surface area contributed by atoms with E-state index in [9.17, 15) is 9.18 Å². The van der Waals surface area contributed by atoms with Gasteiger partial charge in [-0.15, -0.1) is 0 Å². The fraction of sp³-hybridized carbons (Fsp3) is 0.300. The second-order valence-electron chi connectivity index (χ2n) is 2.95. The van der Waals surface area contributed by atoms with Gasteiger partial charge >= 0.3 is 0 Å². The molecule has 1 aromatic rings. The summed E-state index contributed by atoms with van der Waals surface area (Å²) in [6.07, 6.45) is 0.413. The topological polar surface area (TPSA) is 29.1 Å². The lowest BCUT2D eigenvalue weighted by Crippen LogP contribution is -2.11. The Kier molecular flexibility index (Phi) is 4.07. The first-order valence-corrected chi connectivity index (χ1v) is 5.37. The summed E-state index contributed by atoms with van der Waals surface area (Å²) in [5.74, 6) is -0.337. The van der Waals surface area contributed by atoms with E-state index in [0.29, 0.717) is 23.0 Å². The molecule has 0 heterocycles. The van der Waals surface area contributed by atoms with Crippen LogP contribution >= 0.6 is 15.9 Å². The van der Waals surface area contributed by atoms with E-state index in [1.807, 2.05) is 0 Å². The molecule has 0 fully saturated rings. The van der Waals surface area contributed by atoms with Gasteiger partial charge in [-0.25, -0.2) is 4.39 Å². The monoisotopic (exact) mass is 259 g/mol. The molecule has 76 valence electrons. The highest BCUT2D eigenvalue weighted by Gasteiger charge is 2.02. The van der Waals surface area contributed by atoms with E-state index < -0.39 is 0 Å². The van der Waals surface area contributed by atoms with Crippen LogP contribution in [-0.4, -0.2) is 11.2 Å². The Morgan fingerprint density at radius 1 is 1.57 bits per heavy atom.